The summed E-state index contributed by atoms with van der Waals surface area (Å²) < 4.78 is 11.8. The Labute approximate surface area is 138 Å². The van der Waals surface area contributed by atoms with E-state index in [-0.39, 0.29) is 5.60 Å². The molecule has 1 aliphatic rings. The number of nitrogens with zero attached hydrogens (tertiary/aromatic N) is 2. The summed E-state index contributed by atoms with van der Waals surface area (Å²) in [5.41, 5.74) is 1.03. The molecule has 1 rings (SSSR count). The van der Waals surface area contributed by atoms with Crippen LogP contribution in [0.1, 0.15) is 47.0 Å². The summed E-state index contributed by atoms with van der Waals surface area (Å²) in [5.74, 6) is 0.470. The molecule has 0 aromatic rings. The van der Waals surface area contributed by atoms with Gasteiger partial charge in [0, 0.05) is 25.8 Å². The highest BCUT2D eigenvalue weighted by Crippen LogP contribution is 2.30. The van der Waals surface area contributed by atoms with Gasteiger partial charge in [-0.05, 0) is 52.2 Å². The molecule has 0 N–H and O–H groups in total. The van der Waals surface area contributed by atoms with Gasteiger partial charge in [-0.15, -0.1) is 0 Å². The molecule has 22 heavy (non-hydrogen) atoms. The molecule has 0 amide bonds. The van der Waals surface area contributed by atoms with Crippen LogP contribution in [0.5, 0.6) is 0 Å². The van der Waals surface area contributed by atoms with E-state index in [2.05, 4.69) is 52.3 Å². The average molecular weight is 329 g/mol. The van der Waals surface area contributed by atoms with E-state index >= 15 is 0 Å². The second kappa shape index (κ2) is 7.93. The predicted molar refractivity (Wildman–Crippen MR) is 97.0 cm³/mol. The van der Waals surface area contributed by atoms with Crippen LogP contribution in [0.2, 0.25) is 19.6 Å². The summed E-state index contributed by atoms with van der Waals surface area (Å²) in [4.78, 5) is 0. The van der Waals surface area contributed by atoms with Crippen LogP contribution in [0, 0.1) is 5.92 Å². The second-order valence-electron chi connectivity index (χ2n) is 8.11. The number of hydrogen-bond donors (Lipinski definition) is 0. The number of hydrogen-bond acceptors (Lipinski definition) is 4. The number of hydrazone groups is 1. The van der Waals surface area contributed by atoms with Crippen molar-refractivity contribution >= 4 is 14.0 Å². The maximum Gasteiger partial charge on any atom is 0.184 e. The third-order valence-corrected chi connectivity index (χ3v) is 5.45. The minimum absolute atomic E-state index is 0.130. The van der Waals surface area contributed by atoms with Crippen LogP contribution in [0.15, 0.2) is 5.10 Å². The first-order valence-corrected chi connectivity index (χ1v) is 12.0. The number of methoxy groups -OCH3 is 1. The Hall–Kier alpha value is -0.393. The molecule has 1 fully saturated rings. The fraction of sp³-hybridized carbons (Fsp3) is 0.941. The Balaban J connectivity index is 2.78. The van der Waals surface area contributed by atoms with Crippen molar-refractivity contribution in [2.45, 2.75) is 78.2 Å². The van der Waals surface area contributed by atoms with Crippen LogP contribution in [0.4, 0.5) is 0 Å². The highest BCUT2D eigenvalue weighted by atomic mass is 28.4. The maximum atomic E-state index is 6.51. The van der Waals surface area contributed by atoms with Gasteiger partial charge < -0.3 is 9.16 Å². The summed E-state index contributed by atoms with van der Waals surface area (Å²) >= 11 is 0. The van der Waals surface area contributed by atoms with Crippen LogP contribution in [0.3, 0.4) is 0 Å². The normalized spacial score (nSPS) is 23.2. The maximum absolute atomic E-state index is 6.51. The van der Waals surface area contributed by atoms with E-state index in [9.17, 15) is 0 Å². The van der Waals surface area contributed by atoms with Gasteiger partial charge in [0.1, 0.15) is 0 Å². The smallest absolute Gasteiger partial charge is 0.184 e. The lowest BCUT2D eigenvalue weighted by Gasteiger charge is -2.40. The third-order valence-electron chi connectivity index (χ3n) is 4.37. The highest BCUT2D eigenvalue weighted by Gasteiger charge is 2.35. The molecule has 1 aliphatic heterocycles. The van der Waals surface area contributed by atoms with Crippen molar-refractivity contribution in [3.05, 3.63) is 0 Å². The van der Waals surface area contributed by atoms with Crippen molar-refractivity contribution < 1.29 is 9.16 Å². The van der Waals surface area contributed by atoms with E-state index < -0.39 is 8.32 Å². The van der Waals surface area contributed by atoms with Crippen LogP contribution in [-0.4, -0.2) is 50.9 Å². The van der Waals surface area contributed by atoms with Gasteiger partial charge in [0.15, 0.2) is 8.32 Å². The molecule has 5 heteroatoms. The van der Waals surface area contributed by atoms with Gasteiger partial charge in [-0.25, -0.2) is 0 Å². The van der Waals surface area contributed by atoms with Crippen molar-refractivity contribution in [3.8, 4) is 0 Å². The summed E-state index contributed by atoms with van der Waals surface area (Å²) in [7, 11) is 0.187. The first-order valence-electron chi connectivity index (χ1n) is 8.57. The molecule has 0 aliphatic carbocycles. The molecule has 0 aromatic heterocycles. The molecular weight excluding hydrogens is 292 g/mol. The van der Waals surface area contributed by atoms with Crippen LogP contribution >= 0.6 is 0 Å². The Bertz CT molecular complexity index is 379. The molecule has 0 aromatic carbocycles. The van der Waals surface area contributed by atoms with Gasteiger partial charge in [0.25, 0.3) is 0 Å². The van der Waals surface area contributed by atoms with E-state index in [1.807, 2.05) is 0 Å². The van der Waals surface area contributed by atoms with Gasteiger partial charge in [-0.3, -0.25) is 5.01 Å². The van der Waals surface area contributed by atoms with E-state index in [0.717, 1.165) is 25.3 Å². The molecule has 0 radical (unpaired) electrons. The number of rotatable bonds is 8. The first kappa shape index (κ1) is 19.7. The van der Waals surface area contributed by atoms with Gasteiger partial charge in [0.05, 0.1) is 18.2 Å². The summed E-state index contributed by atoms with van der Waals surface area (Å²) in [6, 6.07) is 0.433. The van der Waals surface area contributed by atoms with Crippen LogP contribution < -0.4 is 0 Å². The quantitative estimate of drug-likeness (QED) is 0.496. The lowest BCUT2D eigenvalue weighted by molar-refractivity contribution is 0.0392. The van der Waals surface area contributed by atoms with Crippen molar-refractivity contribution in [3.63, 3.8) is 0 Å². The monoisotopic (exact) mass is 328 g/mol. The highest BCUT2D eigenvalue weighted by molar-refractivity contribution is 6.69. The number of ether oxygens (including phenoxy) is 1. The topological polar surface area (TPSA) is 34.1 Å². The fourth-order valence-electron chi connectivity index (χ4n) is 3.13. The largest absolute Gasteiger partial charge is 0.412 e. The van der Waals surface area contributed by atoms with E-state index in [1.165, 1.54) is 12.8 Å². The van der Waals surface area contributed by atoms with Crippen LogP contribution in [-0.2, 0) is 9.16 Å². The molecule has 1 heterocycles. The van der Waals surface area contributed by atoms with Crippen LogP contribution in [0.25, 0.3) is 0 Å². The molecule has 4 nitrogen and oxygen atoms in total. The molecule has 1 unspecified atom stereocenters. The Morgan fingerprint density at radius 2 is 2.00 bits per heavy atom. The minimum Gasteiger partial charge on any atom is -0.412 e. The van der Waals surface area contributed by atoms with Crippen molar-refractivity contribution in [1.82, 2.24) is 5.01 Å². The summed E-state index contributed by atoms with van der Waals surface area (Å²) in [6.45, 7) is 17.5. The molecule has 1 saturated heterocycles. The zero-order valence-corrected chi connectivity index (χ0v) is 16.9. The zero-order valence-electron chi connectivity index (χ0n) is 15.9. The fourth-order valence-corrected chi connectivity index (χ4v) is 4.84. The second-order valence-corrected chi connectivity index (χ2v) is 12.5. The zero-order chi connectivity index (χ0) is 17.0. The van der Waals surface area contributed by atoms with Crippen molar-refractivity contribution in [1.29, 1.82) is 0 Å². The Morgan fingerprint density at radius 1 is 1.36 bits per heavy atom. The molecule has 0 spiro atoms. The Morgan fingerprint density at radius 3 is 2.50 bits per heavy atom. The van der Waals surface area contributed by atoms with E-state index in [1.54, 1.807) is 7.11 Å². The molecule has 0 saturated carbocycles. The predicted octanol–water partition coefficient (Wildman–Crippen LogP) is 4.13. The van der Waals surface area contributed by atoms with Gasteiger partial charge in [0.2, 0.25) is 0 Å². The molecule has 0 bridgehead atoms. The van der Waals surface area contributed by atoms with Crippen molar-refractivity contribution in [2.24, 2.45) is 11.0 Å². The van der Waals surface area contributed by atoms with E-state index in [4.69, 9.17) is 14.3 Å². The van der Waals surface area contributed by atoms with Gasteiger partial charge >= 0.3 is 0 Å². The van der Waals surface area contributed by atoms with E-state index in [0.29, 0.717) is 12.0 Å². The average Bonchev–Trinajstić information content (AvgIpc) is 2.74. The molecule has 130 valence electrons. The first-order chi connectivity index (χ1) is 10.1. The standard InChI is InChI=1S/C17H36N2O2Si/c1-14(2)17(4,21-22(6,7)8)12-15(3)18-19-11-9-10-16(19)13-20-5/h14,16H,9-13H2,1-8H3/b18-15+/t16-,17?/m0/s1. The lowest BCUT2D eigenvalue weighted by Crippen LogP contribution is -2.45. The van der Waals surface area contributed by atoms with Crippen molar-refractivity contribution in [2.75, 3.05) is 20.3 Å². The summed E-state index contributed by atoms with van der Waals surface area (Å²) in [6.07, 6.45) is 3.28. The summed E-state index contributed by atoms with van der Waals surface area (Å²) in [5, 5.41) is 7.10. The molecule has 2 atom stereocenters. The van der Waals surface area contributed by atoms with Gasteiger partial charge in [-0.1, -0.05) is 13.8 Å². The molecular formula is C17H36N2O2Si. The minimum atomic E-state index is -1.58. The third kappa shape index (κ3) is 6.01. The van der Waals surface area contributed by atoms with Gasteiger partial charge in [-0.2, -0.15) is 5.10 Å². The SMILES string of the molecule is COC[C@@H]1CCCN1/N=C(\C)CC(C)(O[Si](C)(C)C)C(C)C. The lowest BCUT2D eigenvalue weighted by atomic mass is 9.87. The Kier molecular flexibility index (Phi) is 7.08.